The van der Waals surface area contributed by atoms with Gasteiger partial charge in [-0.3, -0.25) is 0 Å². The first-order chi connectivity index (χ1) is 5.81. The van der Waals surface area contributed by atoms with E-state index in [0.717, 1.165) is 16.7 Å². The minimum Gasteiger partial charge on any atom is -0.122 e. The molecule has 12 heavy (non-hydrogen) atoms. The maximum atomic E-state index is 5.74. The fourth-order valence-corrected chi connectivity index (χ4v) is 1.69. The van der Waals surface area contributed by atoms with Crippen LogP contribution in [0.3, 0.4) is 0 Å². The van der Waals surface area contributed by atoms with Crippen LogP contribution in [0.15, 0.2) is 18.2 Å². The van der Waals surface area contributed by atoms with Gasteiger partial charge in [-0.05, 0) is 16.7 Å². The second kappa shape index (κ2) is 4.96. The maximum absolute atomic E-state index is 5.74. The van der Waals surface area contributed by atoms with Gasteiger partial charge in [-0.2, -0.15) is 0 Å². The van der Waals surface area contributed by atoms with Crippen molar-refractivity contribution in [2.24, 2.45) is 0 Å². The van der Waals surface area contributed by atoms with E-state index in [1.54, 1.807) is 0 Å². The summed E-state index contributed by atoms with van der Waals surface area (Å²) in [5, 5.41) is 0. The van der Waals surface area contributed by atoms with Crippen molar-refractivity contribution in [1.82, 2.24) is 0 Å². The van der Waals surface area contributed by atoms with Crippen molar-refractivity contribution in [3.63, 3.8) is 0 Å². The fraction of sp³-hybridized carbons (Fsp3) is 0.333. The molecule has 0 saturated heterocycles. The largest absolute Gasteiger partial charge is 0.122 e. The highest BCUT2D eigenvalue weighted by Gasteiger charge is 2.00. The van der Waals surface area contributed by atoms with Crippen LogP contribution in [0.5, 0.6) is 0 Å². The molecule has 0 heterocycles. The van der Waals surface area contributed by atoms with E-state index in [9.17, 15) is 0 Å². The zero-order valence-electron chi connectivity index (χ0n) is 6.49. The molecule has 0 spiro atoms. The predicted octanol–water partition coefficient (Wildman–Crippen LogP) is 3.90. The molecule has 0 aliphatic carbocycles. The lowest BCUT2D eigenvalue weighted by atomic mass is 10.1. The highest BCUT2D eigenvalue weighted by atomic mass is 35.5. The van der Waals surface area contributed by atoms with E-state index >= 15 is 0 Å². The van der Waals surface area contributed by atoms with Crippen LogP contribution in [0.2, 0.25) is 0 Å². The quantitative estimate of drug-likeness (QED) is 0.682. The van der Waals surface area contributed by atoms with E-state index in [0.29, 0.717) is 17.6 Å². The Labute approximate surface area is 87.4 Å². The first kappa shape index (κ1) is 10.2. The number of hydrogen-bond donors (Lipinski definition) is 0. The van der Waals surface area contributed by atoms with E-state index in [-0.39, 0.29) is 0 Å². The standard InChI is InChI=1S/C9H9Cl3/c10-4-7-1-2-8(5-11)9(3-7)6-12/h1-3H,4-6H2. The first-order valence-electron chi connectivity index (χ1n) is 3.60. The van der Waals surface area contributed by atoms with E-state index in [1.165, 1.54) is 0 Å². The number of halogens is 3. The Kier molecular flexibility index (Phi) is 4.20. The average molecular weight is 224 g/mol. The molecule has 1 aromatic carbocycles. The molecule has 0 aliphatic heterocycles. The second-order valence-corrected chi connectivity index (χ2v) is 3.31. The lowest BCUT2D eigenvalue weighted by Crippen LogP contribution is -1.90. The average Bonchev–Trinajstić information content (AvgIpc) is 2.16. The summed E-state index contributed by atoms with van der Waals surface area (Å²) in [7, 11) is 0. The van der Waals surface area contributed by atoms with Gasteiger partial charge in [-0.25, -0.2) is 0 Å². The molecule has 0 fully saturated rings. The molecule has 1 aromatic rings. The Balaban J connectivity index is 3.02. The molecular formula is C9H9Cl3. The monoisotopic (exact) mass is 222 g/mol. The van der Waals surface area contributed by atoms with Gasteiger partial charge in [0.15, 0.2) is 0 Å². The van der Waals surface area contributed by atoms with Crippen molar-refractivity contribution < 1.29 is 0 Å². The molecule has 0 N–H and O–H groups in total. The molecule has 0 radical (unpaired) electrons. The SMILES string of the molecule is ClCc1ccc(CCl)c(CCl)c1. The van der Waals surface area contributed by atoms with Crippen molar-refractivity contribution in [2.45, 2.75) is 17.6 Å². The van der Waals surface area contributed by atoms with Gasteiger partial charge in [0.05, 0.1) is 0 Å². The van der Waals surface area contributed by atoms with Gasteiger partial charge < -0.3 is 0 Å². The van der Waals surface area contributed by atoms with Crippen LogP contribution in [0.25, 0.3) is 0 Å². The van der Waals surface area contributed by atoms with E-state index in [4.69, 9.17) is 34.8 Å². The van der Waals surface area contributed by atoms with Gasteiger partial charge in [0, 0.05) is 17.6 Å². The summed E-state index contributed by atoms with van der Waals surface area (Å²) < 4.78 is 0. The molecule has 0 saturated carbocycles. The predicted molar refractivity (Wildman–Crippen MR) is 55.1 cm³/mol. The molecule has 0 atom stereocenters. The highest BCUT2D eigenvalue weighted by Crippen LogP contribution is 2.17. The van der Waals surface area contributed by atoms with Crippen molar-refractivity contribution in [1.29, 1.82) is 0 Å². The highest BCUT2D eigenvalue weighted by molar-refractivity contribution is 6.19. The summed E-state index contributed by atoms with van der Waals surface area (Å²) >= 11 is 17.1. The van der Waals surface area contributed by atoms with Crippen molar-refractivity contribution >= 4 is 34.8 Å². The van der Waals surface area contributed by atoms with E-state index in [1.807, 2.05) is 18.2 Å². The van der Waals surface area contributed by atoms with Crippen LogP contribution in [-0.4, -0.2) is 0 Å². The molecule has 0 bridgehead atoms. The summed E-state index contributed by atoms with van der Waals surface area (Å²) in [6.07, 6.45) is 0. The van der Waals surface area contributed by atoms with E-state index in [2.05, 4.69) is 0 Å². The van der Waals surface area contributed by atoms with Gasteiger partial charge in [0.25, 0.3) is 0 Å². The topological polar surface area (TPSA) is 0 Å². The Morgan fingerprint density at radius 3 is 2.00 bits per heavy atom. The number of rotatable bonds is 3. The lowest BCUT2D eigenvalue weighted by molar-refractivity contribution is 1.23. The molecule has 0 nitrogen and oxygen atoms in total. The molecular weight excluding hydrogens is 214 g/mol. The van der Waals surface area contributed by atoms with Crippen LogP contribution in [0.1, 0.15) is 16.7 Å². The van der Waals surface area contributed by atoms with Crippen LogP contribution in [0, 0.1) is 0 Å². The smallest absolute Gasteiger partial charge is 0.0477 e. The summed E-state index contributed by atoms with van der Waals surface area (Å²) in [6, 6.07) is 5.95. The van der Waals surface area contributed by atoms with Crippen LogP contribution >= 0.6 is 34.8 Å². The van der Waals surface area contributed by atoms with Crippen molar-refractivity contribution in [3.05, 3.63) is 34.9 Å². The zero-order valence-corrected chi connectivity index (χ0v) is 8.76. The molecule has 0 aromatic heterocycles. The summed E-state index contributed by atoms with van der Waals surface area (Å²) in [5.41, 5.74) is 3.24. The van der Waals surface area contributed by atoms with Crippen LogP contribution in [-0.2, 0) is 17.6 Å². The minimum atomic E-state index is 0.493. The third-order valence-corrected chi connectivity index (χ3v) is 2.60. The number of hydrogen-bond acceptors (Lipinski definition) is 0. The molecule has 1 rings (SSSR count). The molecule has 0 amide bonds. The Hall–Kier alpha value is 0.0900. The van der Waals surface area contributed by atoms with Crippen LogP contribution < -0.4 is 0 Å². The zero-order chi connectivity index (χ0) is 8.97. The summed E-state index contributed by atoms with van der Waals surface area (Å²) in [4.78, 5) is 0. The van der Waals surface area contributed by atoms with Crippen molar-refractivity contribution in [2.75, 3.05) is 0 Å². The number of benzene rings is 1. The lowest BCUT2D eigenvalue weighted by Gasteiger charge is -2.04. The van der Waals surface area contributed by atoms with Gasteiger partial charge in [-0.15, -0.1) is 34.8 Å². The Morgan fingerprint density at radius 1 is 0.833 bits per heavy atom. The van der Waals surface area contributed by atoms with Gasteiger partial charge in [0.1, 0.15) is 0 Å². The molecule has 66 valence electrons. The third kappa shape index (κ3) is 2.29. The molecule has 0 aliphatic rings. The molecule has 3 heteroatoms. The minimum absolute atomic E-state index is 0.493. The summed E-state index contributed by atoms with van der Waals surface area (Å²) in [6.45, 7) is 0. The van der Waals surface area contributed by atoms with Gasteiger partial charge >= 0.3 is 0 Å². The maximum Gasteiger partial charge on any atom is 0.0477 e. The van der Waals surface area contributed by atoms with E-state index < -0.39 is 0 Å². The summed E-state index contributed by atoms with van der Waals surface area (Å²) in [5.74, 6) is 1.52. The normalized spacial score (nSPS) is 10.2. The Bertz CT molecular complexity index is 258. The van der Waals surface area contributed by atoms with Crippen molar-refractivity contribution in [3.8, 4) is 0 Å². The number of alkyl halides is 3. The second-order valence-electron chi connectivity index (χ2n) is 2.50. The Morgan fingerprint density at radius 2 is 1.50 bits per heavy atom. The molecule has 0 unspecified atom stereocenters. The van der Waals surface area contributed by atoms with Gasteiger partial charge in [0.2, 0.25) is 0 Å². The fourth-order valence-electron chi connectivity index (χ4n) is 1.02. The van der Waals surface area contributed by atoms with Gasteiger partial charge in [-0.1, -0.05) is 18.2 Å². The van der Waals surface area contributed by atoms with Crippen LogP contribution in [0.4, 0.5) is 0 Å². The first-order valence-corrected chi connectivity index (χ1v) is 5.20. The third-order valence-electron chi connectivity index (χ3n) is 1.71.